The van der Waals surface area contributed by atoms with Gasteiger partial charge in [0.05, 0.1) is 22.9 Å². The van der Waals surface area contributed by atoms with Crippen molar-refractivity contribution in [2.75, 3.05) is 29.9 Å². The molecule has 1 saturated carbocycles. The molecule has 3 aliphatic rings. The Bertz CT molecular complexity index is 2990. The number of amides is 2. The Hall–Kier alpha value is -6.48. The number of benzene rings is 4. The highest BCUT2D eigenvalue weighted by atomic mass is 28.3. The van der Waals surface area contributed by atoms with E-state index in [0.29, 0.717) is 65.6 Å². The number of carbonyl (C=O) groups excluding carboxylic acids is 3. The van der Waals surface area contributed by atoms with E-state index in [4.69, 9.17) is 29.2 Å². The fourth-order valence-electron chi connectivity index (χ4n) is 10.9. The number of aromatic nitrogens is 3. The van der Waals surface area contributed by atoms with E-state index >= 15 is 13.6 Å². The Morgan fingerprint density at radius 1 is 0.803 bits per heavy atom. The lowest BCUT2D eigenvalue weighted by Gasteiger charge is -2.44. The molecular weight excluding hydrogens is 919 g/mol. The number of pyridine rings is 1. The molecule has 71 heavy (non-hydrogen) atoms. The van der Waals surface area contributed by atoms with Crippen LogP contribution < -0.4 is 25.3 Å². The average Bonchev–Trinajstić information content (AvgIpc) is 4.05. The Labute approximate surface area is 415 Å². The maximum absolute atomic E-state index is 18.0. The number of rotatable bonds is 11. The van der Waals surface area contributed by atoms with Crippen molar-refractivity contribution < 1.29 is 37.4 Å². The van der Waals surface area contributed by atoms with Crippen molar-refractivity contribution in [2.24, 2.45) is 5.41 Å². The lowest BCUT2D eigenvalue weighted by molar-refractivity contribution is -0.118. The van der Waals surface area contributed by atoms with Crippen LogP contribution in [0.4, 0.5) is 29.9 Å². The highest BCUT2D eigenvalue weighted by molar-refractivity contribution is 7.24. The first-order valence-corrected chi connectivity index (χ1v) is 26.7. The van der Waals surface area contributed by atoms with Gasteiger partial charge >= 0.3 is 18.2 Å². The smallest absolute Gasteiger partial charge is 0.412 e. The molecule has 2 amide bonds. The molecule has 6 aromatic rings. The molecule has 12 nitrogen and oxygen atoms in total. The molecule has 2 aliphatic heterocycles. The molecule has 2 saturated heterocycles. The summed E-state index contributed by atoms with van der Waals surface area (Å²) in [5.41, 5.74) is -1.65. The fourth-order valence-corrected chi connectivity index (χ4v) is 16.7. The number of halogens is 2. The van der Waals surface area contributed by atoms with Gasteiger partial charge in [-0.1, -0.05) is 94.4 Å². The molecule has 372 valence electrons. The van der Waals surface area contributed by atoms with Crippen LogP contribution in [0.3, 0.4) is 0 Å². The third-order valence-electron chi connectivity index (χ3n) is 14.1. The van der Waals surface area contributed by atoms with Crippen LogP contribution in [0.1, 0.15) is 100 Å². The van der Waals surface area contributed by atoms with E-state index in [1.54, 1.807) is 39.0 Å². The summed E-state index contributed by atoms with van der Waals surface area (Å²) in [6.45, 7) is 19.8. The third-order valence-corrected chi connectivity index (χ3v) is 20.0. The number of aryl methyl sites for hydroxylation is 1. The summed E-state index contributed by atoms with van der Waals surface area (Å²) in [5, 5.41) is 5.84. The first-order chi connectivity index (χ1) is 33.5. The minimum Gasteiger partial charge on any atom is -0.462 e. The van der Waals surface area contributed by atoms with Gasteiger partial charge in [-0.2, -0.15) is 9.97 Å². The van der Waals surface area contributed by atoms with Crippen LogP contribution in [-0.2, 0) is 20.7 Å². The molecule has 9 rings (SSSR count). The zero-order valence-corrected chi connectivity index (χ0v) is 43.4. The number of hydrogen-bond donors (Lipinski definition) is 1. The molecule has 1 aliphatic carbocycles. The second-order valence-corrected chi connectivity index (χ2v) is 27.1. The van der Waals surface area contributed by atoms with Gasteiger partial charge in [0.25, 0.3) is 0 Å². The second-order valence-electron chi connectivity index (χ2n) is 22.4. The van der Waals surface area contributed by atoms with Crippen molar-refractivity contribution in [3.05, 3.63) is 108 Å². The number of nitrogens with zero attached hydrogens (tertiary/aromatic N) is 5. The van der Waals surface area contributed by atoms with Crippen molar-refractivity contribution in [1.29, 1.82) is 0 Å². The van der Waals surface area contributed by atoms with E-state index < -0.39 is 47.5 Å². The van der Waals surface area contributed by atoms with Crippen LogP contribution >= 0.6 is 0 Å². The summed E-state index contributed by atoms with van der Waals surface area (Å²) in [6.07, 6.45) is 3.42. The third kappa shape index (κ3) is 9.33. The predicted octanol–water partition coefficient (Wildman–Crippen LogP) is 11.0. The van der Waals surface area contributed by atoms with Crippen molar-refractivity contribution in [3.63, 3.8) is 0 Å². The molecule has 2 unspecified atom stereocenters. The lowest BCUT2D eigenvalue weighted by Crippen LogP contribution is -2.72. The Balaban J connectivity index is 1.17. The maximum Gasteiger partial charge on any atom is 0.412 e. The summed E-state index contributed by atoms with van der Waals surface area (Å²) < 4.78 is 51.7. The van der Waals surface area contributed by atoms with E-state index in [2.05, 4.69) is 50.4 Å². The van der Waals surface area contributed by atoms with Crippen LogP contribution in [0.25, 0.3) is 32.9 Å². The Morgan fingerprint density at radius 3 is 1.96 bits per heavy atom. The minimum absolute atomic E-state index is 0.0271. The van der Waals surface area contributed by atoms with Gasteiger partial charge in [-0.3, -0.25) is 15.2 Å². The van der Waals surface area contributed by atoms with Gasteiger partial charge < -0.3 is 23.9 Å². The molecule has 15 heteroatoms. The second kappa shape index (κ2) is 18.3. The van der Waals surface area contributed by atoms with E-state index in [-0.39, 0.29) is 53.0 Å². The summed E-state index contributed by atoms with van der Waals surface area (Å²) in [5.74, 6) is -0.896. The van der Waals surface area contributed by atoms with Crippen LogP contribution in [0.5, 0.6) is 6.01 Å². The summed E-state index contributed by atoms with van der Waals surface area (Å²) in [6, 6.07) is 25.9. The highest BCUT2D eigenvalue weighted by Crippen LogP contribution is 2.53. The van der Waals surface area contributed by atoms with E-state index in [1.165, 1.54) is 12.3 Å². The molecule has 2 atom stereocenters. The summed E-state index contributed by atoms with van der Waals surface area (Å²) >= 11 is 0. The largest absolute Gasteiger partial charge is 0.462 e. The van der Waals surface area contributed by atoms with Crippen LogP contribution in [0.2, 0.25) is 5.04 Å². The molecule has 4 aromatic carbocycles. The predicted molar refractivity (Wildman–Crippen MR) is 276 cm³/mol. The molecule has 3 fully saturated rings. The van der Waals surface area contributed by atoms with Gasteiger partial charge in [-0.25, -0.2) is 18.4 Å². The Morgan fingerprint density at radius 2 is 1.41 bits per heavy atom. The lowest BCUT2D eigenvalue weighted by atomic mass is 9.94. The van der Waals surface area contributed by atoms with Crippen LogP contribution in [0.15, 0.2) is 91.1 Å². The molecular formula is C56H64F2N6O6Si. The zero-order chi connectivity index (χ0) is 50.8. The number of anilines is 2. The van der Waals surface area contributed by atoms with Gasteiger partial charge in [-0.15, -0.1) is 0 Å². The number of nitrogens with one attached hydrogen (secondary N) is 1. The summed E-state index contributed by atoms with van der Waals surface area (Å²) in [7, 11) is -3.24. The Kier molecular flexibility index (Phi) is 12.7. The number of piperazine rings is 1. The maximum atomic E-state index is 18.0. The first kappa shape index (κ1) is 49.5. The molecule has 0 radical (unpaired) electrons. The number of ether oxygens (including phenoxy) is 3. The normalized spacial score (nSPS) is 17.9. The van der Waals surface area contributed by atoms with Crippen molar-refractivity contribution in [1.82, 2.24) is 19.9 Å². The van der Waals surface area contributed by atoms with Crippen molar-refractivity contribution in [2.45, 2.75) is 130 Å². The number of fused-ring (bicyclic) bond motifs is 4. The van der Waals surface area contributed by atoms with E-state index in [9.17, 15) is 9.59 Å². The fraction of sp³-hybridized carbons (Fsp3) is 0.429. The standard InChI is InChI=1S/C56H64F2N6O6Si/c1-11-40-43(57)25-22-34-28-35(60-51(66)69-53(2,3)4)29-41(44(34)40)46-45(58)47-42(30-59-46)48(63-31-36-23-24-37(32-63)64(36)52(67)70-54(5,6)7)62-50(61-47)68-33-56(26-27-56)49(65)71(55(8,9)10,38-18-14-12-15-19-38)39-20-16-13-17-21-39/h12-22,25,28-30,36-37H,11,23-24,26-27,31-33H2,1-10H3,(H,60,66). The van der Waals surface area contributed by atoms with Gasteiger partial charge in [0.1, 0.15) is 46.1 Å². The van der Waals surface area contributed by atoms with E-state index in [0.717, 1.165) is 23.2 Å². The minimum atomic E-state index is -3.24. The number of carbonyl (C=O) groups is 3. The molecule has 1 N–H and O–H groups in total. The quantitative estimate of drug-likeness (QED) is 0.125. The van der Waals surface area contributed by atoms with Crippen LogP contribution in [-0.4, -0.2) is 88.5 Å². The molecule has 0 spiro atoms. The van der Waals surface area contributed by atoms with Gasteiger partial charge in [0.15, 0.2) is 13.9 Å². The first-order valence-electron chi connectivity index (χ1n) is 24.7. The SMILES string of the molecule is CCc1c(F)ccc2cc(NC(=O)OC(C)(C)C)cc(-c3ncc4c(N5CC6CCC(C5)N6C(=O)OC(C)(C)C)nc(OCC5(C(=O)[Si](c6ccccc6)(c6ccccc6)C(C)(C)C)CC5)nc4c3F)c12. The van der Waals surface area contributed by atoms with Crippen LogP contribution in [0, 0.1) is 17.0 Å². The van der Waals surface area contributed by atoms with Gasteiger partial charge in [0.2, 0.25) is 0 Å². The van der Waals surface area contributed by atoms with E-state index in [1.807, 2.05) is 73.9 Å². The van der Waals surface area contributed by atoms with Crippen molar-refractivity contribution >= 4 is 69.2 Å². The zero-order valence-electron chi connectivity index (χ0n) is 42.4. The monoisotopic (exact) mass is 982 g/mol. The molecule has 2 bridgehead atoms. The molecule has 4 heterocycles. The highest BCUT2D eigenvalue weighted by Gasteiger charge is 2.64. The van der Waals surface area contributed by atoms with Gasteiger partial charge in [-0.05, 0) is 124 Å². The topological polar surface area (TPSA) is 136 Å². The van der Waals surface area contributed by atoms with Crippen molar-refractivity contribution in [3.8, 4) is 17.3 Å². The summed E-state index contributed by atoms with van der Waals surface area (Å²) in [4.78, 5) is 60.8. The average molecular weight is 983 g/mol. The molecule has 2 aromatic heterocycles. The number of hydrogen-bond acceptors (Lipinski definition) is 10. The van der Waals surface area contributed by atoms with Gasteiger partial charge in [0, 0.05) is 30.5 Å².